The first-order valence-corrected chi connectivity index (χ1v) is 13.5. The molecule has 0 radical (unpaired) electrons. The molecule has 200 valence electrons. The maximum atomic E-state index is 12.9. The summed E-state index contributed by atoms with van der Waals surface area (Å²) in [6.45, 7) is 4.85. The minimum atomic E-state index is -4.51. The highest BCUT2D eigenvalue weighted by Gasteiger charge is 2.30. The average molecular weight is 565 g/mol. The second kappa shape index (κ2) is 11.1. The van der Waals surface area contributed by atoms with Crippen molar-refractivity contribution in [3.05, 3.63) is 82.4 Å². The Morgan fingerprint density at radius 3 is 2.18 bits per heavy atom. The van der Waals surface area contributed by atoms with E-state index in [1.807, 2.05) is 0 Å². The molecule has 5 nitrogen and oxygen atoms in total. The van der Waals surface area contributed by atoms with Crippen molar-refractivity contribution in [3.8, 4) is 28.7 Å². The van der Waals surface area contributed by atoms with Crippen LogP contribution in [0.5, 0.6) is 5.75 Å². The van der Waals surface area contributed by atoms with Crippen molar-refractivity contribution in [2.45, 2.75) is 37.4 Å². The fraction of sp³-hybridized carbons (Fsp3) is 0.250. The van der Waals surface area contributed by atoms with Crippen molar-refractivity contribution < 1.29 is 35.9 Å². The topological polar surface area (TPSA) is 69.7 Å². The Morgan fingerprint density at radius 2 is 1.61 bits per heavy atom. The van der Waals surface area contributed by atoms with Gasteiger partial charge in [-0.15, -0.1) is 0 Å². The molecule has 0 amide bonds. The van der Waals surface area contributed by atoms with Gasteiger partial charge in [0, 0.05) is 22.4 Å². The Labute approximate surface area is 224 Å². The summed E-state index contributed by atoms with van der Waals surface area (Å²) in [5.74, 6) is 5.44. The van der Waals surface area contributed by atoms with Crippen LogP contribution in [0.3, 0.4) is 0 Å². The number of carbonyl (C=O) groups excluding carboxylic acids is 1. The fourth-order valence-electron chi connectivity index (χ4n) is 3.36. The quantitative estimate of drug-likeness (QED) is 0.260. The van der Waals surface area contributed by atoms with Gasteiger partial charge in [0.05, 0.1) is 16.0 Å². The van der Waals surface area contributed by atoms with Crippen LogP contribution in [0, 0.1) is 11.8 Å². The Bertz CT molecular complexity index is 1510. The summed E-state index contributed by atoms with van der Waals surface area (Å²) in [5.41, 5.74) is -0.266. The number of hydrogen-bond donors (Lipinski definition) is 0. The summed E-state index contributed by atoms with van der Waals surface area (Å²) in [4.78, 5) is 11.9. The molecule has 0 aliphatic carbocycles. The smallest absolute Gasteiger partial charge is 0.416 e. The molecule has 0 bridgehead atoms. The zero-order chi connectivity index (χ0) is 28.3. The van der Waals surface area contributed by atoms with Crippen molar-refractivity contribution in [2.75, 3.05) is 12.9 Å². The Kier molecular flexibility index (Phi) is 8.49. The molecular weight excluding hydrogens is 541 g/mol. The van der Waals surface area contributed by atoms with Crippen LogP contribution in [-0.2, 0) is 25.5 Å². The largest absolute Gasteiger partial charge is 0.481 e. The number of halogens is 4. The molecule has 0 fully saturated rings. The van der Waals surface area contributed by atoms with E-state index in [0.717, 1.165) is 18.4 Å². The van der Waals surface area contributed by atoms with Gasteiger partial charge in [0.25, 0.3) is 0 Å². The highest BCUT2D eigenvalue weighted by Crippen LogP contribution is 2.33. The third-order valence-electron chi connectivity index (χ3n) is 4.95. The van der Waals surface area contributed by atoms with E-state index in [9.17, 15) is 26.4 Å². The highest BCUT2D eigenvalue weighted by atomic mass is 35.5. The SMILES string of the molecule is CC(C)(C)OC(=O)COc1ccc(Cl)cc1C#Cc1ccc(-c2ccc(C(F)(F)F)cc2)c(S(C)(=O)=O)c1. The fourth-order valence-corrected chi connectivity index (χ4v) is 4.46. The Hall–Kier alpha value is -3.48. The number of sulfone groups is 1. The summed E-state index contributed by atoms with van der Waals surface area (Å²) >= 11 is 6.10. The lowest BCUT2D eigenvalue weighted by Crippen LogP contribution is -2.27. The van der Waals surface area contributed by atoms with Crippen molar-refractivity contribution in [1.82, 2.24) is 0 Å². The van der Waals surface area contributed by atoms with E-state index >= 15 is 0 Å². The minimum Gasteiger partial charge on any atom is -0.481 e. The molecule has 3 rings (SSSR count). The van der Waals surface area contributed by atoms with Gasteiger partial charge in [-0.1, -0.05) is 41.6 Å². The van der Waals surface area contributed by atoms with Gasteiger partial charge in [-0.3, -0.25) is 0 Å². The summed E-state index contributed by atoms with van der Waals surface area (Å²) in [6, 6.07) is 13.3. The lowest BCUT2D eigenvalue weighted by Gasteiger charge is -2.19. The van der Waals surface area contributed by atoms with Crippen LogP contribution < -0.4 is 4.74 Å². The van der Waals surface area contributed by atoms with Crippen LogP contribution in [0.2, 0.25) is 5.02 Å². The maximum absolute atomic E-state index is 12.9. The Morgan fingerprint density at radius 1 is 0.947 bits per heavy atom. The molecule has 0 spiro atoms. The number of carbonyl (C=O) groups is 1. The van der Waals surface area contributed by atoms with Crippen LogP contribution in [0.25, 0.3) is 11.1 Å². The summed E-state index contributed by atoms with van der Waals surface area (Å²) in [7, 11) is -3.76. The van der Waals surface area contributed by atoms with Crippen LogP contribution >= 0.6 is 11.6 Å². The molecule has 0 saturated heterocycles. The van der Waals surface area contributed by atoms with E-state index in [4.69, 9.17) is 21.1 Å². The van der Waals surface area contributed by atoms with Crippen molar-refractivity contribution >= 4 is 27.4 Å². The highest BCUT2D eigenvalue weighted by molar-refractivity contribution is 7.90. The molecule has 3 aromatic rings. The van der Waals surface area contributed by atoms with E-state index in [1.165, 1.54) is 30.3 Å². The van der Waals surface area contributed by atoms with Gasteiger partial charge in [0.15, 0.2) is 16.4 Å². The van der Waals surface area contributed by atoms with Crippen molar-refractivity contribution in [1.29, 1.82) is 0 Å². The van der Waals surface area contributed by atoms with Gasteiger partial charge in [0.1, 0.15) is 11.4 Å². The van der Waals surface area contributed by atoms with Crippen molar-refractivity contribution in [2.24, 2.45) is 0 Å². The molecule has 0 heterocycles. The van der Waals surface area contributed by atoms with Gasteiger partial charge in [-0.2, -0.15) is 13.2 Å². The standard InChI is InChI=1S/C28H24ClF3O5S/c1-27(2,3)37-26(33)17-36-24-14-12-22(29)16-20(24)7-5-18-6-13-23(25(15-18)38(4,34)35)19-8-10-21(11-9-19)28(30,31)32/h6,8-16H,17H2,1-4H3. The molecule has 0 N–H and O–H groups in total. The van der Waals surface area contributed by atoms with Gasteiger partial charge >= 0.3 is 12.1 Å². The van der Waals surface area contributed by atoms with Crippen LogP contribution in [0.4, 0.5) is 13.2 Å². The normalized spacial score (nSPS) is 11.9. The van der Waals surface area contributed by atoms with Crippen LogP contribution in [0.1, 0.15) is 37.5 Å². The third-order valence-corrected chi connectivity index (χ3v) is 6.32. The molecule has 3 aromatic carbocycles. The molecule has 10 heteroatoms. The van der Waals surface area contributed by atoms with Gasteiger partial charge in [-0.05, 0) is 68.8 Å². The second-order valence-corrected chi connectivity index (χ2v) is 11.7. The Balaban J connectivity index is 1.94. The first-order chi connectivity index (χ1) is 17.5. The summed E-state index contributed by atoms with van der Waals surface area (Å²) < 4.78 is 74.6. The minimum absolute atomic E-state index is 0.0865. The van der Waals surface area contributed by atoms with E-state index in [1.54, 1.807) is 39.0 Å². The monoisotopic (exact) mass is 564 g/mol. The van der Waals surface area contributed by atoms with Gasteiger partial charge in [0.2, 0.25) is 0 Å². The predicted molar refractivity (Wildman–Crippen MR) is 139 cm³/mol. The van der Waals surface area contributed by atoms with Gasteiger partial charge in [-0.25, -0.2) is 13.2 Å². The maximum Gasteiger partial charge on any atom is 0.416 e. The number of alkyl halides is 3. The number of hydrogen-bond acceptors (Lipinski definition) is 5. The molecular formula is C28H24ClF3O5S. The van der Waals surface area contributed by atoms with Crippen LogP contribution in [-0.4, -0.2) is 32.9 Å². The molecule has 0 atom stereocenters. The van der Waals surface area contributed by atoms with E-state index in [-0.39, 0.29) is 22.8 Å². The molecule has 0 aromatic heterocycles. The first kappa shape index (κ1) is 29.1. The number of benzene rings is 3. The van der Waals surface area contributed by atoms with Crippen molar-refractivity contribution in [3.63, 3.8) is 0 Å². The average Bonchev–Trinajstić information content (AvgIpc) is 2.80. The summed E-state index contributed by atoms with van der Waals surface area (Å²) in [5, 5.41) is 0.369. The molecule has 0 unspecified atom stereocenters. The zero-order valence-electron chi connectivity index (χ0n) is 20.9. The van der Waals surface area contributed by atoms with E-state index in [0.29, 0.717) is 21.7 Å². The molecule has 0 aliphatic rings. The molecule has 0 aliphatic heterocycles. The lowest BCUT2D eigenvalue weighted by atomic mass is 10.0. The first-order valence-electron chi connectivity index (χ1n) is 11.2. The molecule has 0 saturated carbocycles. The summed E-state index contributed by atoms with van der Waals surface area (Å²) in [6.07, 6.45) is -3.50. The van der Waals surface area contributed by atoms with E-state index < -0.39 is 33.1 Å². The number of esters is 1. The lowest BCUT2D eigenvalue weighted by molar-refractivity contribution is -0.157. The molecule has 38 heavy (non-hydrogen) atoms. The predicted octanol–water partition coefficient (Wildman–Crippen LogP) is 6.55. The van der Waals surface area contributed by atoms with Crippen LogP contribution in [0.15, 0.2) is 65.6 Å². The van der Waals surface area contributed by atoms with Gasteiger partial charge < -0.3 is 9.47 Å². The number of rotatable bonds is 5. The van der Waals surface area contributed by atoms with E-state index in [2.05, 4.69) is 11.8 Å². The number of ether oxygens (including phenoxy) is 2. The second-order valence-electron chi connectivity index (χ2n) is 9.32. The zero-order valence-corrected chi connectivity index (χ0v) is 22.5. The third kappa shape index (κ3) is 8.01.